The second kappa shape index (κ2) is 6.12. The topological polar surface area (TPSA) is 73.6 Å². The number of fused-ring (bicyclic) bond motifs is 1. The summed E-state index contributed by atoms with van der Waals surface area (Å²) in [6.45, 7) is 4.35. The van der Waals surface area contributed by atoms with Crippen molar-refractivity contribution in [2.45, 2.75) is 20.4 Å². The van der Waals surface area contributed by atoms with Gasteiger partial charge in [0, 0.05) is 23.9 Å². The standard InChI is InChI=1S/C16H19N5O2/c1-10-7-15(21-16(18-10)19-11(2)20-21)17-9-12-8-13(22-3)5-6-14(12)23-4/h5-8,17H,9H2,1-4H3. The van der Waals surface area contributed by atoms with E-state index < -0.39 is 0 Å². The van der Waals surface area contributed by atoms with Crippen LogP contribution < -0.4 is 14.8 Å². The van der Waals surface area contributed by atoms with Crippen molar-refractivity contribution in [3.8, 4) is 11.5 Å². The molecule has 3 rings (SSSR count). The summed E-state index contributed by atoms with van der Waals surface area (Å²) in [5.74, 6) is 3.69. The number of nitrogens with one attached hydrogen (secondary N) is 1. The molecule has 0 aliphatic rings. The summed E-state index contributed by atoms with van der Waals surface area (Å²) in [7, 11) is 3.30. The Morgan fingerprint density at radius 3 is 2.65 bits per heavy atom. The van der Waals surface area contributed by atoms with Crippen molar-refractivity contribution in [2.75, 3.05) is 19.5 Å². The Labute approximate surface area is 134 Å². The van der Waals surface area contributed by atoms with Crippen molar-refractivity contribution in [1.29, 1.82) is 0 Å². The van der Waals surface area contributed by atoms with E-state index in [1.165, 1.54) is 0 Å². The van der Waals surface area contributed by atoms with Crippen molar-refractivity contribution in [1.82, 2.24) is 19.6 Å². The molecule has 1 N–H and O–H groups in total. The van der Waals surface area contributed by atoms with E-state index in [9.17, 15) is 0 Å². The first kappa shape index (κ1) is 15.1. The highest BCUT2D eigenvalue weighted by molar-refractivity contribution is 5.48. The van der Waals surface area contributed by atoms with Gasteiger partial charge in [0.15, 0.2) is 0 Å². The van der Waals surface area contributed by atoms with Crippen LogP contribution in [0.4, 0.5) is 5.82 Å². The average molecular weight is 313 g/mol. The smallest absolute Gasteiger partial charge is 0.254 e. The molecule has 1 aromatic carbocycles. The molecular weight excluding hydrogens is 294 g/mol. The van der Waals surface area contributed by atoms with Gasteiger partial charge >= 0.3 is 0 Å². The van der Waals surface area contributed by atoms with Crippen LogP contribution >= 0.6 is 0 Å². The third-order valence-electron chi connectivity index (χ3n) is 3.49. The Bertz CT molecular complexity index is 844. The highest BCUT2D eigenvalue weighted by atomic mass is 16.5. The fourth-order valence-electron chi connectivity index (χ4n) is 2.42. The molecule has 0 atom stereocenters. The summed E-state index contributed by atoms with van der Waals surface area (Å²) in [6.07, 6.45) is 0. The number of aryl methyl sites for hydroxylation is 2. The number of methoxy groups -OCH3 is 2. The zero-order chi connectivity index (χ0) is 16.4. The fourth-order valence-corrected chi connectivity index (χ4v) is 2.42. The minimum absolute atomic E-state index is 0.567. The molecule has 2 heterocycles. The minimum Gasteiger partial charge on any atom is -0.497 e. The lowest BCUT2D eigenvalue weighted by Gasteiger charge is -2.13. The molecule has 7 nitrogen and oxygen atoms in total. The van der Waals surface area contributed by atoms with Gasteiger partial charge in [-0.05, 0) is 32.0 Å². The largest absolute Gasteiger partial charge is 0.497 e. The summed E-state index contributed by atoms with van der Waals surface area (Å²) < 4.78 is 12.4. The van der Waals surface area contributed by atoms with E-state index in [1.54, 1.807) is 18.7 Å². The van der Waals surface area contributed by atoms with E-state index in [0.717, 1.165) is 28.6 Å². The summed E-state index contributed by atoms with van der Waals surface area (Å²) in [6, 6.07) is 7.65. The average Bonchev–Trinajstić information content (AvgIpc) is 2.92. The van der Waals surface area contributed by atoms with Crippen molar-refractivity contribution in [3.63, 3.8) is 0 Å². The van der Waals surface area contributed by atoms with Crippen LogP contribution in [0.25, 0.3) is 5.78 Å². The SMILES string of the molecule is COc1ccc(OC)c(CNc2cc(C)nc3nc(C)nn23)c1. The molecule has 0 spiro atoms. The highest BCUT2D eigenvalue weighted by Gasteiger charge is 2.10. The number of hydrogen-bond acceptors (Lipinski definition) is 6. The number of anilines is 1. The van der Waals surface area contributed by atoms with Gasteiger partial charge in [0.2, 0.25) is 0 Å². The Hall–Kier alpha value is -2.83. The molecule has 0 saturated carbocycles. The molecule has 7 heteroatoms. The van der Waals surface area contributed by atoms with Crippen LogP contribution in [-0.4, -0.2) is 33.8 Å². The molecule has 0 aliphatic heterocycles. The lowest BCUT2D eigenvalue weighted by atomic mass is 10.2. The highest BCUT2D eigenvalue weighted by Crippen LogP contribution is 2.25. The predicted octanol–water partition coefficient (Wildman–Crippen LogP) is 2.37. The lowest BCUT2D eigenvalue weighted by Crippen LogP contribution is -2.08. The van der Waals surface area contributed by atoms with Crippen molar-refractivity contribution in [3.05, 3.63) is 41.3 Å². The molecule has 0 radical (unpaired) electrons. The van der Waals surface area contributed by atoms with E-state index >= 15 is 0 Å². The van der Waals surface area contributed by atoms with Gasteiger partial charge in [0.05, 0.1) is 14.2 Å². The van der Waals surface area contributed by atoms with Crippen molar-refractivity contribution in [2.24, 2.45) is 0 Å². The molecule has 23 heavy (non-hydrogen) atoms. The molecule has 0 unspecified atom stereocenters. The van der Waals surface area contributed by atoms with Crippen LogP contribution in [0.3, 0.4) is 0 Å². The van der Waals surface area contributed by atoms with Gasteiger partial charge in [-0.1, -0.05) is 0 Å². The fraction of sp³-hybridized carbons (Fsp3) is 0.312. The second-order valence-corrected chi connectivity index (χ2v) is 5.18. The Morgan fingerprint density at radius 1 is 1.09 bits per heavy atom. The number of rotatable bonds is 5. The van der Waals surface area contributed by atoms with Crippen LogP contribution in [0.5, 0.6) is 11.5 Å². The van der Waals surface area contributed by atoms with Crippen LogP contribution in [0.1, 0.15) is 17.1 Å². The van der Waals surface area contributed by atoms with Crippen LogP contribution in [0.15, 0.2) is 24.3 Å². The normalized spacial score (nSPS) is 10.8. The van der Waals surface area contributed by atoms with Gasteiger partial charge < -0.3 is 14.8 Å². The third kappa shape index (κ3) is 3.03. The second-order valence-electron chi connectivity index (χ2n) is 5.18. The Kier molecular flexibility index (Phi) is 4.01. The molecule has 0 aliphatic carbocycles. The molecule has 0 saturated heterocycles. The summed E-state index contributed by atoms with van der Waals surface area (Å²) in [5, 5.41) is 7.74. The van der Waals surface area contributed by atoms with Gasteiger partial charge in [0.25, 0.3) is 5.78 Å². The zero-order valence-corrected chi connectivity index (χ0v) is 13.6. The number of benzene rings is 1. The van der Waals surface area contributed by atoms with Crippen molar-refractivity contribution < 1.29 is 9.47 Å². The van der Waals surface area contributed by atoms with Crippen LogP contribution in [0, 0.1) is 13.8 Å². The first-order valence-electron chi connectivity index (χ1n) is 7.26. The van der Waals surface area contributed by atoms with Gasteiger partial charge in [-0.15, -0.1) is 5.10 Å². The molecule has 2 aromatic heterocycles. The number of ether oxygens (including phenoxy) is 2. The minimum atomic E-state index is 0.567. The Balaban J connectivity index is 1.91. The molecular formula is C16H19N5O2. The molecule has 3 aromatic rings. The zero-order valence-electron chi connectivity index (χ0n) is 13.6. The third-order valence-corrected chi connectivity index (χ3v) is 3.49. The van der Waals surface area contributed by atoms with Crippen LogP contribution in [-0.2, 0) is 6.54 Å². The van der Waals surface area contributed by atoms with Gasteiger partial charge in [-0.25, -0.2) is 4.98 Å². The molecule has 0 bridgehead atoms. The quantitative estimate of drug-likeness (QED) is 0.779. The molecule has 0 fully saturated rings. The molecule has 120 valence electrons. The lowest BCUT2D eigenvalue weighted by molar-refractivity contribution is 0.399. The number of nitrogens with zero attached hydrogens (tertiary/aromatic N) is 4. The van der Waals surface area contributed by atoms with Crippen LogP contribution in [0.2, 0.25) is 0 Å². The van der Waals surface area contributed by atoms with Gasteiger partial charge in [-0.3, -0.25) is 0 Å². The maximum atomic E-state index is 5.41. The van der Waals surface area contributed by atoms with E-state index in [4.69, 9.17) is 9.47 Å². The summed E-state index contributed by atoms with van der Waals surface area (Å²) in [4.78, 5) is 8.68. The van der Waals surface area contributed by atoms with Crippen molar-refractivity contribution >= 4 is 11.6 Å². The number of hydrogen-bond donors (Lipinski definition) is 1. The van der Waals surface area contributed by atoms with E-state index in [1.807, 2.05) is 38.1 Å². The monoisotopic (exact) mass is 313 g/mol. The molecule has 0 amide bonds. The maximum absolute atomic E-state index is 5.41. The van der Waals surface area contributed by atoms with Gasteiger partial charge in [0.1, 0.15) is 23.1 Å². The first-order valence-corrected chi connectivity index (χ1v) is 7.26. The first-order chi connectivity index (χ1) is 11.1. The predicted molar refractivity (Wildman–Crippen MR) is 87.1 cm³/mol. The summed E-state index contributed by atoms with van der Waals surface area (Å²) >= 11 is 0. The van der Waals surface area contributed by atoms with E-state index in [0.29, 0.717) is 18.1 Å². The van der Waals surface area contributed by atoms with Gasteiger partial charge in [-0.2, -0.15) is 9.50 Å². The van der Waals surface area contributed by atoms with E-state index in [2.05, 4.69) is 20.4 Å². The Morgan fingerprint density at radius 2 is 1.91 bits per heavy atom. The maximum Gasteiger partial charge on any atom is 0.254 e. The number of aromatic nitrogens is 4. The van der Waals surface area contributed by atoms with E-state index in [-0.39, 0.29) is 0 Å². The summed E-state index contributed by atoms with van der Waals surface area (Å²) in [5.41, 5.74) is 1.87.